The summed E-state index contributed by atoms with van der Waals surface area (Å²) in [6, 6.07) is 25.7. The molecule has 0 unspecified atom stereocenters. The fourth-order valence-corrected chi connectivity index (χ4v) is 4.13. The second-order valence-electron chi connectivity index (χ2n) is 7.14. The van der Waals surface area contributed by atoms with Crippen molar-refractivity contribution in [3.63, 3.8) is 0 Å². The summed E-state index contributed by atoms with van der Waals surface area (Å²) in [5.74, 6) is 0.346. The van der Waals surface area contributed by atoms with Gasteiger partial charge in [-0.25, -0.2) is 8.42 Å². The van der Waals surface area contributed by atoms with Gasteiger partial charge in [-0.2, -0.15) is 4.31 Å². The third kappa shape index (κ3) is 7.08. The Bertz CT molecular complexity index is 1130. The number of carbonyl (C=O) groups excluding carboxylic acids is 1. The smallest absolute Gasteiger partial charge is 0.237 e. The summed E-state index contributed by atoms with van der Waals surface area (Å²) in [5, 5.41) is 3.93. The summed E-state index contributed by atoms with van der Waals surface area (Å²) >= 11 is 0. The Labute approximate surface area is 189 Å². The van der Waals surface area contributed by atoms with Gasteiger partial charge >= 0.3 is 0 Å². The molecule has 0 aliphatic carbocycles. The first kappa shape index (κ1) is 23.2. The van der Waals surface area contributed by atoms with Crippen LogP contribution in [0.1, 0.15) is 16.7 Å². The molecule has 0 aliphatic heterocycles. The van der Waals surface area contributed by atoms with Crippen LogP contribution in [0.15, 0.2) is 90.3 Å². The van der Waals surface area contributed by atoms with Gasteiger partial charge in [-0.1, -0.05) is 72.8 Å². The first-order valence-electron chi connectivity index (χ1n) is 10.1. The molecule has 0 radical (unpaired) electrons. The lowest BCUT2D eigenvalue weighted by Crippen LogP contribution is -2.39. The van der Waals surface area contributed by atoms with Gasteiger partial charge in [0.25, 0.3) is 0 Å². The average Bonchev–Trinajstić information content (AvgIpc) is 2.83. The Morgan fingerprint density at radius 1 is 0.906 bits per heavy atom. The maximum Gasteiger partial charge on any atom is 0.237 e. The molecule has 166 valence electrons. The summed E-state index contributed by atoms with van der Waals surface area (Å²) in [6.45, 7) is 0.104. The summed E-state index contributed by atoms with van der Waals surface area (Å²) in [4.78, 5) is 12.6. The molecule has 7 heteroatoms. The van der Waals surface area contributed by atoms with Crippen LogP contribution in [0.5, 0.6) is 5.75 Å². The van der Waals surface area contributed by atoms with E-state index in [1.165, 1.54) is 10.4 Å². The van der Waals surface area contributed by atoms with Crippen LogP contribution >= 0.6 is 0 Å². The third-order valence-corrected chi connectivity index (χ3v) is 6.22. The molecular weight excluding hydrogens is 424 g/mol. The van der Waals surface area contributed by atoms with Crippen LogP contribution < -0.4 is 10.1 Å². The number of nitrogens with one attached hydrogen (secondary N) is 1. The molecule has 0 aromatic heterocycles. The average molecular weight is 451 g/mol. The van der Waals surface area contributed by atoms with Crippen molar-refractivity contribution < 1.29 is 17.9 Å². The normalized spacial score (nSPS) is 11.6. The predicted octanol–water partition coefficient (Wildman–Crippen LogP) is 3.81. The van der Waals surface area contributed by atoms with Gasteiger partial charge in [-0.05, 0) is 34.9 Å². The van der Waals surface area contributed by atoms with Gasteiger partial charge in [-0.3, -0.25) is 4.79 Å². The highest BCUT2D eigenvalue weighted by atomic mass is 32.2. The van der Waals surface area contributed by atoms with Crippen LogP contribution in [-0.2, 0) is 27.9 Å². The minimum absolute atomic E-state index is 0.0955. The fourth-order valence-electron chi connectivity index (χ4n) is 3.00. The molecule has 0 saturated heterocycles. The van der Waals surface area contributed by atoms with E-state index in [0.29, 0.717) is 6.54 Å². The Kier molecular flexibility index (Phi) is 8.19. The number of sulfonamides is 1. The molecule has 3 aromatic carbocycles. The topological polar surface area (TPSA) is 75.7 Å². The summed E-state index contributed by atoms with van der Waals surface area (Å²) in [6.07, 6.45) is 1.53. The molecule has 3 aromatic rings. The van der Waals surface area contributed by atoms with Crippen molar-refractivity contribution in [1.29, 1.82) is 0 Å². The van der Waals surface area contributed by atoms with Crippen LogP contribution in [0.4, 0.5) is 0 Å². The molecule has 1 amide bonds. The number of amides is 1. The lowest BCUT2D eigenvalue weighted by atomic mass is 10.2. The van der Waals surface area contributed by atoms with Gasteiger partial charge in [0.15, 0.2) is 0 Å². The number of carbonyl (C=O) groups is 1. The van der Waals surface area contributed by atoms with Crippen molar-refractivity contribution in [2.75, 3.05) is 13.7 Å². The second-order valence-corrected chi connectivity index (χ2v) is 8.96. The van der Waals surface area contributed by atoms with E-state index in [-0.39, 0.29) is 19.0 Å². The van der Waals surface area contributed by atoms with Crippen molar-refractivity contribution in [2.45, 2.75) is 13.1 Å². The second kappa shape index (κ2) is 11.3. The number of benzene rings is 3. The first-order valence-corrected chi connectivity index (χ1v) is 11.6. The van der Waals surface area contributed by atoms with Crippen molar-refractivity contribution in [2.24, 2.45) is 0 Å². The molecule has 32 heavy (non-hydrogen) atoms. The highest BCUT2D eigenvalue weighted by molar-refractivity contribution is 7.92. The molecule has 1 N–H and O–H groups in total. The Morgan fingerprint density at radius 2 is 1.53 bits per heavy atom. The highest BCUT2D eigenvalue weighted by Crippen LogP contribution is 2.14. The van der Waals surface area contributed by atoms with Crippen molar-refractivity contribution in [3.8, 4) is 5.75 Å². The zero-order chi connectivity index (χ0) is 22.8. The van der Waals surface area contributed by atoms with E-state index >= 15 is 0 Å². The molecule has 0 saturated carbocycles. The van der Waals surface area contributed by atoms with Crippen LogP contribution in [-0.4, -0.2) is 32.3 Å². The standard InChI is InChI=1S/C25H26N2O4S/c1-31-24-14-12-22(13-15-24)18-26-25(28)20-27(19-23-10-6-3-7-11-23)32(29,30)17-16-21-8-4-2-5-9-21/h2-17H,18-20H2,1H3,(H,26,28)/b17-16+. The molecular formula is C25H26N2O4S. The van der Waals surface area contributed by atoms with Gasteiger partial charge in [0.05, 0.1) is 13.7 Å². The molecule has 0 bridgehead atoms. The van der Waals surface area contributed by atoms with E-state index in [2.05, 4.69) is 5.32 Å². The van der Waals surface area contributed by atoms with Gasteiger partial charge in [0.1, 0.15) is 5.75 Å². The van der Waals surface area contributed by atoms with Gasteiger partial charge in [-0.15, -0.1) is 0 Å². The Morgan fingerprint density at radius 3 is 2.16 bits per heavy atom. The SMILES string of the molecule is COc1ccc(CNC(=O)CN(Cc2ccccc2)S(=O)(=O)/C=C/c2ccccc2)cc1. The van der Waals surface area contributed by atoms with Crippen LogP contribution in [0, 0.1) is 0 Å². The molecule has 3 rings (SSSR count). The van der Waals surface area contributed by atoms with E-state index < -0.39 is 10.0 Å². The van der Waals surface area contributed by atoms with E-state index in [1.807, 2.05) is 84.9 Å². The number of methoxy groups -OCH3 is 1. The largest absolute Gasteiger partial charge is 0.497 e. The summed E-state index contributed by atoms with van der Waals surface area (Å²) in [7, 11) is -2.24. The molecule has 0 aliphatic rings. The van der Waals surface area contributed by atoms with E-state index in [4.69, 9.17) is 4.74 Å². The zero-order valence-electron chi connectivity index (χ0n) is 17.8. The number of nitrogens with zero attached hydrogens (tertiary/aromatic N) is 1. The van der Waals surface area contributed by atoms with Crippen molar-refractivity contribution >= 4 is 22.0 Å². The van der Waals surface area contributed by atoms with Crippen LogP contribution in [0.3, 0.4) is 0 Å². The minimum atomic E-state index is -3.83. The van der Waals surface area contributed by atoms with E-state index in [1.54, 1.807) is 7.11 Å². The third-order valence-electron chi connectivity index (χ3n) is 4.76. The van der Waals surface area contributed by atoms with Crippen LogP contribution in [0.25, 0.3) is 6.08 Å². The Hall–Kier alpha value is -3.42. The van der Waals surface area contributed by atoms with Crippen molar-refractivity contribution in [3.05, 3.63) is 107 Å². The Balaban J connectivity index is 1.71. The molecule has 0 atom stereocenters. The fraction of sp³-hybridized carbons (Fsp3) is 0.160. The van der Waals surface area contributed by atoms with Crippen molar-refractivity contribution in [1.82, 2.24) is 9.62 Å². The highest BCUT2D eigenvalue weighted by Gasteiger charge is 2.22. The predicted molar refractivity (Wildman–Crippen MR) is 126 cm³/mol. The summed E-state index contributed by atoms with van der Waals surface area (Å²) in [5.41, 5.74) is 2.45. The van der Waals surface area contributed by atoms with Gasteiger partial charge in [0.2, 0.25) is 15.9 Å². The number of rotatable bonds is 10. The lowest BCUT2D eigenvalue weighted by molar-refractivity contribution is -0.121. The maximum absolute atomic E-state index is 13.0. The number of ether oxygens (including phenoxy) is 1. The van der Waals surface area contributed by atoms with Gasteiger partial charge in [0, 0.05) is 18.5 Å². The molecule has 0 spiro atoms. The molecule has 6 nitrogen and oxygen atoms in total. The molecule has 0 fully saturated rings. The number of hydrogen-bond donors (Lipinski definition) is 1. The monoisotopic (exact) mass is 450 g/mol. The van der Waals surface area contributed by atoms with Gasteiger partial charge < -0.3 is 10.1 Å². The lowest BCUT2D eigenvalue weighted by Gasteiger charge is -2.20. The first-order chi connectivity index (χ1) is 15.5. The molecule has 0 heterocycles. The quantitative estimate of drug-likeness (QED) is 0.510. The zero-order valence-corrected chi connectivity index (χ0v) is 18.7. The van der Waals surface area contributed by atoms with E-state index in [9.17, 15) is 13.2 Å². The maximum atomic E-state index is 13.0. The number of hydrogen-bond acceptors (Lipinski definition) is 4. The van der Waals surface area contributed by atoms with E-state index in [0.717, 1.165) is 27.8 Å². The summed E-state index contributed by atoms with van der Waals surface area (Å²) < 4.78 is 32.4. The minimum Gasteiger partial charge on any atom is -0.497 e. The van der Waals surface area contributed by atoms with Crippen LogP contribution in [0.2, 0.25) is 0 Å².